The Morgan fingerprint density at radius 3 is 2.52 bits per heavy atom. The van der Waals surface area contributed by atoms with Crippen LogP contribution in [0.15, 0.2) is 36.4 Å². The van der Waals surface area contributed by atoms with E-state index in [-0.39, 0.29) is 11.0 Å². The quantitative estimate of drug-likeness (QED) is 0.772. The standard InChI is InChI=1S/C14H9ClF3N3/c1-21(11-5-3-2-4-9(11)8-19)13-7-10(14(16,17)18)6-12(15)20-13/h2-7H,1H3. The zero-order valence-electron chi connectivity index (χ0n) is 10.8. The predicted octanol–water partition coefficient (Wildman–Crippen LogP) is 4.39. The van der Waals surface area contributed by atoms with Gasteiger partial charge in [-0.3, -0.25) is 0 Å². The minimum absolute atomic E-state index is 0.0116. The number of aromatic nitrogens is 1. The summed E-state index contributed by atoms with van der Waals surface area (Å²) >= 11 is 5.66. The van der Waals surface area contributed by atoms with Gasteiger partial charge in [-0.05, 0) is 24.3 Å². The second-order valence-electron chi connectivity index (χ2n) is 4.22. The first-order chi connectivity index (χ1) is 9.82. The monoisotopic (exact) mass is 311 g/mol. The number of pyridine rings is 1. The molecule has 0 radical (unpaired) electrons. The van der Waals surface area contributed by atoms with Gasteiger partial charge in [-0.1, -0.05) is 23.7 Å². The van der Waals surface area contributed by atoms with Crippen LogP contribution in [0.3, 0.4) is 0 Å². The van der Waals surface area contributed by atoms with Crippen molar-refractivity contribution in [3.05, 3.63) is 52.7 Å². The van der Waals surface area contributed by atoms with Gasteiger partial charge in [0.15, 0.2) is 0 Å². The molecule has 0 atom stereocenters. The van der Waals surface area contributed by atoms with Crippen molar-refractivity contribution < 1.29 is 13.2 Å². The number of anilines is 2. The van der Waals surface area contributed by atoms with Crippen LogP contribution in [0.1, 0.15) is 11.1 Å². The molecular formula is C14H9ClF3N3. The molecule has 0 saturated heterocycles. The molecule has 0 N–H and O–H groups in total. The highest BCUT2D eigenvalue weighted by Crippen LogP contribution is 2.34. The van der Waals surface area contributed by atoms with Gasteiger partial charge >= 0.3 is 6.18 Å². The third-order valence-electron chi connectivity index (χ3n) is 2.84. The highest BCUT2D eigenvalue weighted by atomic mass is 35.5. The molecule has 108 valence electrons. The maximum absolute atomic E-state index is 12.8. The lowest BCUT2D eigenvalue weighted by Gasteiger charge is -2.20. The molecule has 0 aliphatic carbocycles. The molecule has 0 fully saturated rings. The van der Waals surface area contributed by atoms with E-state index in [1.807, 2.05) is 6.07 Å². The molecule has 2 aromatic rings. The Balaban J connectivity index is 2.52. The van der Waals surface area contributed by atoms with Gasteiger partial charge in [0.1, 0.15) is 17.0 Å². The molecule has 1 aromatic heterocycles. The average Bonchev–Trinajstić information content (AvgIpc) is 2.45. The van der Waals surface area contributed by atoms with Crippen LogP contribution in [0.2, 0.25) is 5.15 Å². The Morgan fingerprint density at radius 1 is 1.24 bits per heavy atom. The molecule has 1 aromatic carbocycles. The molecular weight excluding hydrogens is 303 g/mol. The number of para-hydroxylation sites is 1. The largest absolute Gasteiger partial charge is 0.416 e. The molecule has 1 heterocycles. The van der Waals surface area contributed by atoms with Crippen LogP contribution in [0.4, 0.5) is 24.7 Å². The Morgan fingerprint density at radius 2 is 1.90 bits per heavy atom. The smallest absolute Gasteiger partial charge is 0.328 e. The molecule has 2 rings (SSSR count). The molecule has 7 heteroatoms. The number of halogens is 4. The van der Waals surface area contributed by atoms with Gasteiger partial charge in [-0.25, -0.2) is 4.98 Å². The van der Waals surface area contributed by atoms with Gasteiger partial charge in [-0.2, -0.15) is 18.4 Å². The Hall–Kier alpha value is -2.26. The number of hydrogen-bond acceptors (Lipinski definition) is 3. The van der Waals surface area contributed by atoms with E-state index >= 15 is 0 Å². The second-order valence-corrected chi connectivity index (χ2v) is 4.61. The van der Waals surface area contributed by atoms with Crippen LogP contribution in [0, 0.1) is 11.3 Å². The average molecular weight is 312 g/mol. The summed E-state index contributed by atoms with van der Waals surface area (Å²) in [6.07, 6.45) is -4.52. The van der Waals surface area contributed by atoms with E-state index < -0.39 is 11.7 Å². The summed E-state index contributed by atoms with van der Waals surface area (Å²) < 4.78 is 38.4. The zero-order chi connectivity index (χ0) is 15.6. The van der Waals surface area contributed by atoms with E-state index in [0.717, 1.165) is 12.1 Å². The Bertz CT molecular complexity index is 707. The minimum Gasteiger partial charge on any atom is -0.328 e. The maximum atomic E-state index is 12.8. The van der Waals surface area contributed by atoms with Crippen molar-refractivity contribution in [2.75, 3.05) is 11.9 Å². The second kappa shape index (κ2) is 5.62. The number of nitrogens with zero attached hydrogens (tertiary/aromatic N) is 3. The lowest BCUT2D eigenvalue weighted by Crippen LogP contribution is -2.15. The first kappa shape index (κ1) is 15.1. The molecule has 0 amide bonds. The van der Waals surface area contributed by atoms with E-state index in [1.165, 1.54) is 11.9 Å². The highest BCUT2D eigenvalue weighted by molar-refractivity contribution is 6.29. The molecule has 3 nitrogen and oxygen atoms in total. The normalized spacial score (nSPS) is 11.0. The van der Waals surface area contributed by atoms with E-state index in [0.29, 0.717) is 11.3 Å². The van der Waals surface area contributed by atoms with Crippen molar-refractivity contribution in [1.29, 1.82) is 5.26 Å². The maximum Gasteiger partial charge on any atom is 0.416 e. The lowest BCUT2D eigenvalue weighted by atomic mass is 10.1. The van der Waals surface area contributed by atoms with Crippen LogP contribution in [0.25, 0.3) is 0 Å². The summed E-state index contributed by atoms with van der Waals surface area (Å²) in [5.41, 5.74) is -0.114. The molecule has 21 heavy (non-hydrogen) atoms. The van der Waals surface area contributed by atoms with Crippen molar-refractivity contribution in [3.8, 4) is 6.07 Å². The van der Waals surface area contributed by atoms with Crippen LogP contribution in [-0.4, -0.2) is 12.0 Å². The van der Waals surface area contributed by atoms with Gasteiger partial charge in [-0.15, -0.1) is 0 Å². The first-order valence-corrected chi connectivity index (χ1v) is 6.18. The minimum atomic E-state index is -4.52. The lowest BCUT2D eigenvalue weighted by molar-refractivity contribution is -0.137. The first-order valence-electron chi connectivity index (χ1n) is 5.80. The fourth-order valence-corrected chi connectivity index (χ4v) is 2.01. The fraction of sp³-hybridized carbons (Fsp3) is 0.143. The van der Waals surface area contributed by atoms with Gasteiger partial charge in [0.05, 0.1) is 16.8 Å². The van der Waals surface area contributed by atoms with Crippen molar-refractivity contribution in [2.24, 2.45) is 0 Å². The van der Waals surface area contributed by atoms with Gasteiger partial charge in [0.2, 0.25) is 0 Å². The number of nitriles is 1. The highest BCUT2D eigenvalue weighted by Gasteiger charge is 2.32. The topological polar surface area (TPSA) is 39.9 Å². The summed E-state index contributed by atoms with van der Waals surface area (Å²) in [7, 11) is 1.52. The SMILES string of the molecule is CN(c1cc(C(F)(F)F)cc(Cl)n1)c1ccccc1C#N. The zero-order valence-corrected chi connectivity index (χ0v) is 11.6. The van der Waals surface area contributed by atoms with Gasteiger partial charge in [0, 0.05) is 7.05 Å². The third-order valence-corrected chi connectivity index (χ3v) is 3.03. The predicted molar refractivity (Wildman–Crippen MR) is 73.5 cm³/mol. The Kier molecular flexibility index (Phi) is 4.05. The van der Waals surface area contributed by atoms with Crippen molar-refractivity contribution in [1.82, 2.24) is 4.98 Å². The summed E-state index contributed by atoms with van der Waals surface area (Å²) in [5.74, 6) is 0.0116. The van der Waals surface area contributed by atoms with Crippen LogP contribution in [-0.2, 0) is 6.18 Å². The van der Waals surface area contributed by atoms with Crippen LogP contribution < -0.4 is 4.90 Å². The summed E-state index contributed by atoms with van der Waals surface area (Å²) in [4.78, 5) is 5.27. The molecule has 0 unspecified atom stereocenters. The number of benzene rings is 1. The van der Waals surface area contributed by atoms with Crippen LogP contribution in [0.5, 0.6) is 0 Å². The van der Waals surface area contributed by atoms with E-state index in [2.05, 4.69) is 4.98 Å². The van der Waals surface area contributed by atoms with Crippen molar-refractivity contribution in [3.63, 3.8) is 0 Å². The van der Waals surface area contributed by atoms with Crippen molar-refractivity contribution in [2.45, 2.75) is 6.18 Å². The summed E-state index contributed by atoms with van der Waals surface area (Å²) in [6.45, 7) is 0. The molecule has 0 aliphatic rings. The fourth-order valence-electron chi connectivity index (χ4n) is 1.80. The number of alkyl halides is 3. The molecule has 0 aliphatic heterocycles. The Labute approximate surface area is 124 Å². The molecule has 0 bridgehead atoms. The van der Waals surface area contributed by atoms with Gasteiger partial charge in [0.25, 0.3) is 0 Å². The van der Waals surface area contributed by atoms with E-state index in [1.54, 1.807) is 24.3 Å². The summed E-state index contributed by atoms with van der Waals surface area (Å²) in [5, 5.41) is 8.79. The third kappa shape index (κ3) is 3.26. The van der Waals surface area contributed by atoms with Gasteiger partial charge < -0.3 is 4.90 Å². The van der Waals surface area contributed by atoms with E-state index in [4.69, 9.17) is 16.9 Å². The van der Waals surface area contributed by atoms with Crippen LogP contribution >= 0.6 is 11.6 Å². The molecule has 0 spiro atoms. The number of rotatable bonds is 2. The molecule has 0 saturated carbocycles. The summed E-state index contributed by atoms with van der Waals surface area (Å²) in [6, 6.07) is 10.2. The number of hydrogen-bond donors (Lipinski definition) is 0. The van der Waals surface area contributed by atoms with Crippen molar-refractivity contribution >= 4 is 23.1 Å². The van der Waals surface area contributed by atoms with E-state index in [9.17, 15) is 13.2 Å².